The summed E-state index contributed by atoms with van der Waals surface area (Å²) in [5.74, 6) is 0.876. The zero-order chi connectivity index (χ0) is 16.3. The van der Waals surface area contributed by atoms with Gasteiger partial charge in [-0.3, -0.25) is 0 Å². The molecule has 0 saturated carbocycles. The van der Waals surface area contributed by atoms with Crippen molar-refractivity contribution in [3.63, 3.8) is 0 Å². The van der Waals surface area contributed by atoms with Gasteiger partial charge in [-0.25, -0.2) is 4.79 Å². The number of aliphatic hydroxyl groups is 1. The Morgan fingerprint density at radius 2 is 1.70 bits per heavy atom. The summed E-state index contributed by atoms with van der Waals surface area (Å²) in [6.07, 6.45) is 4.65. The van der Waals surface area contributed by atoms with Gasteiger partial charge in [0.2, 0.25) is 0 Å². The van der Waals surface area contributed by atoms with Gasteiger partial charge in [0, 0.05) is 12.7 Å². The number of benzene rings is 2. The van der Waals surface area contributed by atoms with Crippen molar-refractivity contribution >= 4 is 12.0 Å². The highest BCUT2D eigenvalue weighted by molar-refractivity contribution is 5.88. The summed E-state index contributed by atoms with van der Waals surface area (Å²) >= 11 is 0. The Labute approximate surface area is 136 Å². The van der Waals surface area contributed by atoms with Crippen LogP contribution in [0.5, 0.6) is 11.5 Å². The van der Waals surface area contributed by atoms with Crippen molar-refractivity contribution in [1.82, 2.24) is 0 Å². The summed E-state index contributed by atoms with van der Waals surface area (Å²) in [6, 6.07) is 16.4. The number of carbonyl (C=O) groups excluding carboxylic acids is 1. The molecule has 0 amide bonds. The van der Waals surface area contributed by atoms with Crippen LogP contribution < -0.4 is 9.47 Å². The minimum atomic E-state index is -0.416. The second-order valence-electron chi connectivity index (χ2n) is 4.92. The van der Waals surface area contributed by atoms with E-state index in [-0.39, 0.29) is 6.61 Å². The Bertz CT molecular complexity index is 618. The molecule has 4 nitrogen and oxygen atoms in total. The lowest BCUT2D eigenvalue weighted by molar-refractivity contribution is -0.128. The normalized spacial score (nSPS) is 10.7. The number of unbranched alkanes of at least 4 members (excludes halogenated alkanes) is 1. The van der Waals surface area contributed by atoms with E-state index in [0.29, 0.717) is 12.4 Å². The van der Waals surface area contributed by atoms with Gasteiger partial charge in [0.15, 0.2) is 0 Å². The van der Waals surface area contributed by atoms with Crippen molar-refractivity contribution in [2.75, 3.05) is 13.2 Å². The van der Waals surface area contributed by atoms with Gasteiger partial charge in [0.25, 0.3) is 0 Å². The third-order valence-corrected chi connectivity index (χ3v) is 3.07. The van der Waals surface area contributed by atoms with E-state index in [9.17, 15) is 4.79 Å². The second-order valence-corrected chi connectivity index (χ2v) is 4.92. The van der Waals surface area contributed by atoms with E-state index in [2.05, 4.69) is 0 Å². The van der Waals surface area contributed by atoms with Gasteiger partial charge >= 0.3 is 5.97 Å². The molecule has 2 rings (SSSR count). The van der Waals surface area contributed by atoms with Gasteiger partial charge in [-0.2, -0.15) is 0 Å². The number of hydrogen-bond acceptors (Lipinski definition) is 4. The summed E-state index contributed by atoms with van der Waals surface area (Å²) in [7, 11) is 0. The van der Waals surface area contributed by atoms with E-state index in [1.807, 2.05) is 42.5 Å². The van der Waals surface area contributed by atoms with Gasteiger partial charge < -0.3 is 14.6 Å². The van der Waals surface area contributed by atoms with Gasteiger partial charge in [0.05, 0.1) is 6.61 Å². The average molecular weight is 312 g/mol. The first-order chi connectivity index (χ1) is 11.3. The molecule has 0 aliphatic carbocycles. The molecule has 0 spiro atoms. The van der Waals surface area contributed by atoms with Crippen LogP contribution in [0.2, 0.25) is 0 Å². The van der Waals surface area contributed by atoms with Gasteiger partial charge in [-0.1, -0.05) is 30.3 Å². The average Bonchev–Trinajstić information content (AvgIpc) is 2.59. The molecule has 120 valence electrons. The number of hydrogen-bond donors (Lipinski definition) is 1. The summed E-state index contributed by atoms with van der Waals surface area (Å²) in [5, 5.41) is 8.70. The van der Waals surface area contributed by atoms with E-state index in [0.717, 1.165) is 24.2 Å². The summed E-state index contributed by atoms with van der Waals surface area (Å²) in [4.78, 5) is 11.7. The molecular weight excluding hydrogens is 292 g/mol. The molecule has 2 aromatic rings. The predicted molar refractivity (Wildman–Crippen MR) is 89.4 cm³/mol. The van der Waals surface area contributed by atoms with Crippen molar-refractivity contribution in [3.8, 4) is 11.5 Å². The van der Waals surface area contributed by atoms with Crippen LogP contribution in [0.1, 0.15) is 18.4 Å². The van der Waals surface area contributed by atoms with E-state index in [4.69, 9.17) is 14.6 Å². The first-order valence-electron chi connectivity index (χ1n) is 7.56. The number of esters is 1. The minimum Gasteiger partial charge on any atom is -0.494 e. The Hall–Kier alpha value is -2.59. The third-order valence-electron chi connectivity index (χ3n) is 3.07. The lowest BCUT2D eigenvalue weighted by Gasteiger charge is -2.05. The molecule has 0 radical (unpaired) electrons. The number of aliphatic hydroxyl groups excluding tert-OH is 1. The molecule has 0 aliphatic heterocycles. The quantitative estimate of drug-likeness (QED) is 0.351. The summed E-state index contributed by atoms with van der Waals surface area (Å²) < 4.78 is 10.7. The molecule has 4 heteroatoms. The fourth-order valence-corrected chi connectivity index (χ4v) is 1.88. The first kappa shape index (κ1) is 16.8. The van der Waals surface area contributed by atoms with Crippen molar-refractivity contribution in [2.45, 2.75) is 12.8 Å². The molecule has 0 bridgehead atoms. The molecule has 0 atom stereocenters. The van der Waals surface area contributed by atoms with Crippen molar-refractivity contribution in [3.05, 3.63) is 66.2 Å². The van der Waals surface area contributed by atoms with E-state index >= 15 is 0 Å². The highest BCUT2D eigenvalue weighted by Gasteiger charge is 1.99. The summed E-state index contributed by atoms with van der Waals surface area (Å²) in [6.45, 7) is 0.769. The fourth-order valence-electron chi connectivity index (χ4n) is 1.88. The molecule has 0 fully saturated rings. The topological polar surface area (TPSA) is 55.8 Å². The highest BCUT2D eigenvalue weighted by Crippen LogP contribution is 2.14. The van der Waals surface area contributed by atoms with Gasteiger partial charge in [-0.15, -0.1) is 0 Å². The maximum Gasteiger partial charge on any atom is 0.336 e. The lowest BCUT2D eigenvalue weighted by Crippen LogP contribution is -2.03. The van der Waals surface area contributed by atoms with Crippen molar-refractivity contribution < 1.29 is 19.4 Å². The van der Waals surface area contributed by atoms with Crippen LogP contribution in [0.3, 0.4) is 0 Å². The molecule has 23 heavy (non-hydrogen) atoms. The number of ether oxygens (including phenoxy) is 2. The molecule has 0 saturated heterocycles. The molecule has 1 N–H and O–H groups in total. The first-order valence-corrected chi connectivity index (χ1v) is 7.56. The summed E-state index contributed by atoms with van der Waals surface area (Å²) in [5.41, 5.74) is 0.887. The number of rotatable bonds is 8. The predicted octanol–water partition coefficient (Wildman–Crippen LogP) is 3.46. The number of para-hydroxylation sites is 1. The maximum atomic E-state index is 11.7. The second kappa shape index (κ2) is 9.43. The molecule has 0 heterocycles. The van der Waals surface area contributed by atoms with Crippen LogP contribution >= 0.6 is 0 Å². The Morgan fingerprint density at radius 1 is 0.957 bits per heavy atom. The van der Waals surface area contributed by atoms with E-state index in [1.54, 1.807) is 18.2 Å². The van der Waals surface area contributed by atoms with Gasteiger partial charge in [-0.05, 0) is 48.7 Å². The zero-order valence-electron chi connectivity index (χ0n) is 12.9. The fraction of sp³-hybridized carbons (Fsp3) is 0.211. The Kier molecular flexibility index (Phi) is 6.88. The van der Waals surface area contributed by atoms with Crippen LogP contribution in [0.4, 0.5) is 0 Å². The monoisotopic (exact) mass is 312 g/mol. The van der Waals surface area contributed by atoms with Crippen LogP contribution in [0.25, 0.3) is 6.08 Å². The molecule has 0 aliphatic rings. The van der Waals surface area contributed by atoms with Crippen molar-refractivity contribution in [1.29, 1.82) is 0 Å². The SMILES string of the molecule is O=C(C=Cc1ccc(OCCCCO)cc1)Oc1ccccc1. The van der Waals surface area contributed by atoms with Crippen molar-refractivity contribution in [2.24, 2.45) is 0 Å². The zero-order valence-corrected chi connectivity index (χ0v) is 12.9. The smallest absolute Gasteiger partial charge is 0.336 e. The standard InChI is InChI=1S/C19H20O4/c20-14-4-5-15-22-17-11-8-16(9-12-17)10-13-19(21)23-18-6-2-1-3-7-18/h1-3,6-13,20H,4-5,14-15H2. The molecular formula is C19H20O4. The maximum absolute atomic E-state index is 11.7. The van der Waals surface area contributed by atoms with Gasteiger partial charge in [0.1, 0.15) is 11.5 Å². The molecule has 0 aromatic heterocycles. The molecule has 2 aromatic carbocycles. The third kappa shape index (κ3) is 6.36. The van der Waals surface area contributed by atoms with Crippen LogP contribution in [-0.4, -0.2) is 24.3 Å². The Balaban J connectivity index is 1.81. The van der Waals surface area contributed by atoms with E-state index in [1.165, 1.54) is 6.08 Å². The minimum absolute atomic E-state index is 0.187. The lowest BCUT2D eigenvalue weighted by atomic mass is 10.2. The van der Waals surface area contributed by atoms with Crippen LogP contribution in [0, 0.1) is 0 Å². The number of carbonyl (C=O) groups is 1. The molecule has 0 unspecified atom stereocenters. The van der Waals surface area contributed by atoms with Crippen LogP contribution in [0.15, 0.2) is 60.7 Å². The largest absolute Gasteiger partial charge is 0.494 e. The van der Waals surface area contributed by atoms with E-state index < -0.39 is 5.97 Å². The van der Waals surface area contributed by atoms with Crippen LogP contribution in [-0.2, 0) is 4.79 Å². The highest BCUT2D eigenvalue weighted by atomic mass is 16.5. The Morgan fingerprint density at radius 3 is 2.39 bits per heavy atom.